The summed E-state index contributed by atoms with van der Waals surface area (Å²) in [6.07, 6.45) is 8.41. The quantitative estimate of drug-likeness (QED) is 0.702. The molecule has 4 heterocycles. The van der Waals surface area contributed by atoms with Crippen molar-refractivity contribution in [2.45, 2.75) is 82.9 Å². The number of alkyl halides is 2. The van der Waals surface area contributed by atoms with Crippen molar-refractivity contribution in [2.75, 3.05) is 6.54 Å². The number of nitrogens with zero attached hydrogens (tertiary/aromatic N) is 4. The lowest BCUT2D eigenvalue weighted by Gasteiger charge is -2.28. The Bertz CT molecular complexity index is 1180. The zero-order valence-electron chi connectivity index (χ0n) is 19.6. The first kappa shape index (κ1) is 22.9. The predicted molar refractivity (Wildman–Crippen MR) is 123 cm³/mol. The summed E-state index contributed by atoms with van der Waals surface area (Å²) in [7, 11) is 0. The second-order valence-corrected chi connectivity index (χ2v) is 9.76. The molecule has 2 fully saturated rings. The van der Waals surface area contributed by atoms with Gasteiger partial charge < -0.3 is 10.1 Å². The van der Waals surface area contributed by atoms with Crippen molar-refractivity contribution in [1.29, 1.82) is 0 Å². The Morgan fingerprint density at radius 3 is 2.82 bits per heavy atom. The van der Waals surface area contributed by atoms with Gasteiger partial charge in [0, 0.05) is 43.5 Å². The number of hydrogen-bond acceptors (Lipinski definition) is 5. The van der Waals surface area contributed by atoms with Gasteiger partial charge in [0.25, 0.3) is 0 Å². The van der Waals surface area contributed by atoms with Crippen molar-refractivity contribution in [3.05, 3.63) is 29.0 Å². The lowest BCUT2D eigenvalue weighted by molar-refractivity contribution is -0.119. The highest BCUT2D eigenvalue weighted by Crippen LogP contribution is 2.38. The van der Waals surface area contributed by atoms with Crippen LogP contribution in [-0.2, 0) is 4.79 Å². The Morgan fingerprint density at radius 2 is 2.12 bits per heavy atom. The monoisotopic (exact) mass is 471 g/mol. The van der Waals surface area contributed by atoms with E-state index in [0.717, 1.165) is 29.0 Å². The number of aromatic nitrogens is 3. The van der Waals surface area contributed by atoms with Crippen LogP contribution in [0.3, 0.4) is 0 Å². The lowest BCUT2D eigenvalue weighted by Crippen LogP contribution is -2.36. The Kier molecular flexibility index (Phi) is 6.12. The van der Waals surface area contributed by atoms with E-state index < -0.39 is 5.92 Å². The van der Waals surface area contributed by atoms with Gasteiger partial charge in [0.1, 0.15) is 6.10 Å². The molecule has 3 unspecified atom stereocenters. The van der Waals surface area contributed by atoms with E-state index in [9.17, 15) is 13.6 Å². The van der Waals surface area contributed by atoms with Crippen molar-refractivity contribution in [1.82, 2.24) is 20.1 Å². The number of halogens is 2. The number of rotatable bonds is 6. The molecule has 9 heteroatoms. The third kappa shape index (κ3) is 4.70. The first-order chi connectivity index (χ1) is 16.3. The van der Waals surface area contributed by atoms with Gasteiger partial charge in [-0.2, -0.15) is 5.10 Å². The molecule has 7 nitrogen and oxygen atoms in total. The van der Waals surface area contributed by atoms with Crippen molar-refractivity contribution >= 4 is 12.0 Å². The van der Waals surface area contributed by atoms with Crippen LogP contribution < -0.4 is 20.6 Å². The number of nitrogens with one attached hydrogen (secondary N) is 1. The Balaban J connectivity index is 1.46. The van der Waals surface area contributed by atoms with Crippen LogP contribution in [-0.4, -0.2) is 45.3 Å². The maximum atomic E-state index is 13.6. The van der Waals surface area contributed by atoms with Gasteiger partial charge in [0.2, 0.25) is 17.7 Å². The zero-order valence-corrected chi connectivity index (χ0v) is 19.6. The van der Waals surface area contributed by atoms with Crippen molar-refractivity contribution in [2.24, 2.45) is 10.9 Å². The summed E-state index contributed by atoms with van der Waals surface area (Å²) in [6, 6.07) is 2.15. The smallest absolute Gasteiger partial charge is 0.248 e. The molecule has 5 rings (SSSR count). The van der Waals surface area contributed by atoms with Crippen molar-refractivity contribution in [3.63, 3.8) is 0 Å². The van der Waals surface area contributed by atoms with Gasteiger partial charge in [-0.1, -0.05) is 13.0 Å². The Labute approximate surface area is 197 Å². The van der Waals surface area contributed by atoms with E-state index in [1.807, 2.05) is 19.2 Å². The summed E-state index contributed by atoms with van der Waals surface area (Å²) in [5, 5.41) is 9.07. The van der Waals surface area contributed by atoms with Crippen LogP contribution in [0.25, 0.3) is 17.3 Å². The molecule has 1 saturated heterocycles. The summed E-state index contributed by atoms with van der Waals surface area (Å²) in [6.45, 7) is 4.69. The summed E-state index contributed by atoms with van der Waals surface area (Å²) in [5.74, 6) is -1.92. The van der Waals surface area contributed by atoms with E-state index in [-0.39, 0.29) is 42.9 Å². The summed E-state index contributed by atoms with van der Waals surface area (Å²) in [4.78, 5) is 21.4. The first-order valence-corrected chi connectivity index (χ1v) is 12.3. The minimum absolute atomic E-state index is 0.0309. The molecule has 1 aliphatic carbocycles. The highest BCUT2D eigenvalue weighted by atomic mass is 19.3. The average Bonchev–Trinajstić information content (AvgIpc) is 3.48. The third-order valence-corrected chi connectivity index (χ3v) is 7.32. The van der Waals surface area contributed by atoms with E-state index in [1.54, 1.807) is 10.9 Å². The fraction of sp³-hybridized carbons (Fsp3) is 0.600. The lowest BCUT2D eigenvalue weighted by atomic mass is 9.92. The Morgan fingerprint density at radius 1 is 1.32 bits per heavy atom. The van der Waals surface area contributed by atoms with E-state index in [4.69, 9.17) is 14.7 Å². The molecule has 1 saturated carbocycles. The zero-order chi connectivity index (χ0) is 23.9. The van der Waals surface area contributed by atoms with Gasteiger partial charge in [-0.25, -0.2) is 13.8 Å². The minimum Gasteiger partial charge on any atom is -0.474 e. The van der Waals surface area contributed by atoms with Crippen LogP contribution in [0, 0.1) is 5.92 Å². The number of ether oxygens (including phenoxy) is 1. The topological polar surface area (TPSA) is 81.4 Å². The molecule has 2 aromatic rings. The molecule has 0 radical (unpaired) electrons. The van der Waals surface area contributed by atoms with Crippen LogP contribution in [0.1, 0.15) is 64.8 Å². The normalized spacial score (nSPS) is 25.1. The number of fused-ring (bicyclic) bond motifs is 1. The third-order valence-electron chi connectivity index (χ3n) is 7.32. The molecule has 34 heavy (non-hydrogen) atoms. The molecular weight excluding hydrogens is 440 g/mol. The fourth-order valence-electron chi connectivity index (χ4n) is 5.01. The van der Waals surface area contributed by atoms with Crippen LogP contribution in [0.5, 0.6) is 5.88 Å². The SMILES string of the molecule is CCC1CC=c2c(OC(C)C3CNC(=O)C3)nc(-c3cnn(C4CCC(F)(F)CC4)c3)cc2=N1. The molecule has 2 aromatic heterocycles. The van der Waals surface area contributed by atoms with Gasteiger partial charge in [-0.15, -0.1) is 0 Å². The van der Waals surface area contributed by atoms with Crippen LogP contribution >= 0.6 is 0 Å². The number of pyridine rings is 1. The highest BCUT2D eigenvalue weighted by molar-refractivity contribution is 5.78. The molecule has 182 valence electrons. The number of hydrogen-bond donors (Lipinski definition) is 1. The average molecular weight is 472 g/mol. The van der Waals surface area contributed by atoms with Crippen LogP contribution in [0.4, 0.5) is 8.78 Å². The highest BCUT2D eigenvalue weighted by Gasteiger charge is 2.36. The van der Waals surface area contributed by atoms with Crippen LogP contribution in [0.15, 0.2) is 23.5 Å². The first-order valence-electron chi connectivity index (χ1n) is 12.3. The molecule has 0 aromatic carbocycles. The van der Waals surface area contributed by atoms with Crippen molar-refractivity contribution < 1.29 is 18.3 Å². The second kappa shape index (κ2) is 9.07. The molecular formula is C25H31F2N5O2. The molecule has 3 atom stereocenters. The van der Waals surface area contributed by atoms with Gasteiger partial charge >= 0.3 is 0 Å². The Hall–Kier alpha value is -2.84. The van der Waals surface area contributed by atoms with Crippen molar-refractivity contribution in [3.8, 4) is 17.1 Å². The summed E-state index contributed by atoms with van der Waals surface area (Å²) >= 11 is 0. The van der Waals surface area contributed by atoms with Crippen LogP contribution in [0.2, 0.25) is 0 Å². The maximum Gasteiger partial charge on any atom is 0.248 e. The van der Waals surface area contributed by atoms with Gasteiger partial charge in [-0.05, 0) is 38.7 Å². The summed E-state index contributed by atoms with van der Waals surface area (Å²) in [5.41, 5.74) is 1.51. The predicted octanol–water partition coefficient (Wildman–Crippen LogP) is 3.18. The molecule has 0 spiro atoms. The maximum absolute atomic E-state index is 13.6. The minimum atomic E-state index is -2.57. The number of carbonyl (C=O) groups is 1. The van der Waals surface area contributed by atoms with E-state index in [1.165, 1.54) is 0 Å². The largest absolute Gasteiger partial charge is 0.474 e. The van der Waals surface area contributed by atoms with E-state index in [2.05, 4.69) is 23.4 Å². The van der Waals surface area contributed by atoms with Gasteiger partial charge in [0.15, 0.2) is 0 Å². The standard InChI is InChI=1S/C25H31F2N5O2/c1-3-18-4-5-20-22(30-18)11-21(31-24(20)34-15(2)16-10-23(33)28-12-16)17-13-29-32(14-17)19-6-8-25(26,27)9-7-19/h5,11,13-16,18-19H,3-4,6-10,12H2,1-2H3,(H,28,33). The summed E-state index contributed by atoms with van der Waals surface area (Å²) < 4.78 is 35.3. The molecule has 1 N–H and O–H groups in total. The molecule has 0 bridgehead atoms. The van der Waals surface area contributed by atoms with Gasteiger partial charge in [0.05, 0.1) is 34.6 Å². The molecule has 3 aliphatic rings. The molecule has 1 amide bonds. The molecule has 2 aliphatic heterocycles. The number of carbonyl (C=O) groups excluding carboxylic acids is 1. The van der Waals surface area contributed by atoms with E-state index in [0.29, 0.717) is 37.4 Å². The fourth-order valence-corrected chi connectivity index (χ4v) is 5.01. The number of amides is 1. The van der Waals surface area contributed by atoms with Gasteiger partial charge in [-0.3, -0.25) is 14.5 Å². The second-order valence-electron chi connectivity index (χ2n) is 9.76. The van der Waals surface area contributed by atoms with E-state index >= 15 is 0 Å².